The molecule has 0 saturated carbocycles. The highest BCUT2D eigenvalue weighted by Gasteiger charge is 2.14. The summed E-state index contributed by atoms with van der Waals surface area (Å²) in [7, 11) is 1.67. The first-order valence-corrected chi connectivity index (χ1v) is 10.2. The van der Waals surface area contributed by atoms with Crippen molar-refractivity contribution in [2.75, 3.05) is 44.0 Å². The predicted molar refractivity (Wildman–Crippen MR) is 120 cm³/mol. The molecule has 0 unspecified atom stereocenters. The Morgan fingerprint density at radius 2 is 1.53 bits per heavy atom. The largest absolute Gasteiger partial charge is 0.490 e. The van der Waals surface area contributed by atoms with Gasteiger partial charge in [-0.3, -0.25) is 14.5 Å². The van der Waals surface area contributed by atoms with Gasteiger partial charge in [0.25, 0.3) is 0 Å². The minimum absolute atomic E-state index is 0.00371. The molecule has 162 valence electrons. The van der Waals surface area contributed by atoms with Crippen molar-refractivity contribution in [2.24, 2.45) is 0 Å². The van der Waals surface area contributed by atoms with Gasteiger partial charge in [-0.05, 0) is 51.2 Å². The molecule has 7 nitrogen and oxygen atoms in total. The summed E-state index contributed by atoms with van der Waals surface area (Å²) in [5.74, 6) is 0.598. The zero-order chi connectivity index (χ0) is 22.1. The average Bonchev–Trinajstić information content (AvgIpc) is 2.66. The van der Waals surface area contributed by atoms with E-state index in [9.17, 15) is 9.59 Å². The molecule has 0 fully saturated rings. The quantitative estimate of drug-likeness (QED) is 0.560. The third-order valence-corrected chi connectivity index (χ3v) is 4.42. The molecule has 0 heterocycles. The number of rotatable bonds is 10. The molecule has 2 amide bonds. The normalized spacial score (nSPS) is 10.6. The number of halogens is 2. The fourth-order valence-corrected chi connectivity index (χ4v) is 3.00. The number of nitrogens with one attached hydrogen (secondary N) is 2. The lowest BCUT2D eigenvalue weighted by atomic mass is 10.2. The number of carbonyl (C=O) groups excluding carboxylic acids is 2. The van der Waals surface area contributed by atoms with Crippen molar-refractivity contribution in [3.63, 3.8) is 0 Å². The number of likely N-dealkylation sites (N-methyl/N-ethyl adjacent to an activating group) is 1. The van der Waals surface area contributed by atoms with Gasteiger partial charge in [0.05, 0.1) is 37.0 Å². The first-order valence-electron chi connectivity index (χ1n) is 9.45. The summed E-state index contributed by atoms with van der Waals surface area (Å²) in [6.07, 6.45) is 0. The lowest BCUT2D eigenvalue weighted by Gasteiger charge is -2.17. The zero-order valence-corrected chi connectivity index (χ0v) is 18.6. The van der Waals surface area contributed by atoms with Crippen LogP contribution in [-0.4, -0.2) is 50.1 Å². The third kappa shape index (κ3) is 7.40. The summed E-state index contributed by atoms with van der Waals surface area (Å²) in [4.78, 5) is 26.2. The molecule has 0 aliphatic heterocycles. The molecule has 2 N–H and O–H groups in total. The van der Waals surface area contributed by atoms with E-state index in [1.807, 2.05) is 13.8 Å². The molecule has 30 heavy (non-hydrogen) atoms. The first-order chi connectivity index (χ1) is 14.3. The fourth-order valence-electron chi connectivity index (χ4n) is 2.66. The Kier molecular flexibility index (Phi) is 9.23. The monoisotopic (exact) mass is 453 g/mol. The van der Waals surface area contributed by atoms with E-state index in [1.165, 1.54) is 0 Å². The Labute approximate surface area is 186 Å². The maximum atomic E-state index is 12.3. The van der Waals surface area contributed by atoms with Gasteiger partial charge < -0.3 is 20.1 Å². The van der Waals surface area contributed by atoms with Crippen LogP contribution in [0.4, 0.5) is 11.4 Å². The van der Waals surface area contributed by atoms with Gasteiger partial charge >= 0.3 is 0 Å². The van der Waals surface area contributed by atoms with Gasteiger partial charge in [-0.25, -0.2) is 0 Å². The van der Waals surface area contributed by atoms with Gasteiger partial charge in [0.2, 0.25) is 11.8 Å². The SMILES string of the molecule is CCOc1ccc(NC(=O)CN(C)CC(=O)Nc2cc(Cl)ccc2Cl)cc1OCC. The van der Waals surface area contributed by atoms with E-state index in [0.717, 1.165) is 0 Å². The van der Waals surface area contributed by atoms with Crippen molar-refractivity contribution in [2.45, 2.75) is 13.8 Å². The van der Waals surface area contributed by atoms with Gasteiger partial charge in [-0.2, -0.15) is 0 Å². The highest BCUT2D eigenvalue weighted by Crippen LogP contribution is 2.30. The molecule has 0 aliphatic rings. The Bertz CT molecular complexity index is 893. The average molecular weight is 454 g/mol. The van der Waals surface area contributed by atoms with Crippen molar-refractivity contribution >= 4 is 46.4 Å². The number of carbonyl (C=O) groups is 2. The molecule has 0 aliphatic carbocycles. The Balaban J connectivity index is 1.90. The predicted octanol–water partition coefficient (Wildman–Crippen LogP) is 4.30. The summed E-state index contributed by atoms with van der Waals surface area (Å²) >= 11 is 12.0. The Hall–Kier alpha value is -2.48. The van der Waals surface area contributed by atoms with E-state index in [-0.39, 0.29) is 24.9 Å². The van der Waals surface area contributed by atoms with Gasteiger partial charge in [0, 0.05) is 16.8 Å². The second kappa shape index (κ2) is 11.6. The summed E-state index contributed by atoms with van der Waals surface area (Å²) < 4.78 is 11.1. The number of ether oxygens (including phenoxy) is 2. The van der Waals surface area contributed by atoms with Gasteiger partial charge in [0.15, 0.2) is 11.5 Å². The molecule has 0 bridgehead atoms. The second-order valence-corrected chi connectivity index (χ2v) is 7.26. The second-order valence-electron chi connectivity index (χ2n) is 6.42. The smallest absolute Gasteiger partial charge is 0.238 e. The highest BCUT2D eigenvalue weighted by atomic mass is 35.5. The van der Waals surface area contributed by atoms with Gasteiger partial charge in [-0.1, -0.05) is 23.2 Å². The van der Waals surface area contributed by atoms with Crippen LogP contribution in [0.25, 0.3) is 0 Å². The Morgan fingerprint density at radius 3 is 2.20 bits per heavy atom. The van der Waals surface area contributed by atoms with Gasteiger partial charge in [-0.15, -0.1) is 0 Å². The van der Waals surface area contributed by atoms with Crippen molar-refractivity contribution in [1.29, 1.82) is 0 Å². The van der Waals surface area contributed by atoms with E-state index < -0.39 is 0 Å². The Morgan fingerprint density at radius 1 is 0.900 bits per heavy atom. The van der Waals surface area contributed by atoms with Gasteiger partial charge in [0.1, 0.15) is 0 Å². The van der Waals surface area contributed by atoms with E-state index in [0.29, 0.717) is 46.1 Å². The lowest BCUT2D eigenvalue weighted by Crippen LogP contribution is -2.36. The van der Waals surface area contributed by atoms with Crippen LogP contribution < -0.4 is 20.1 Å². The summed E-state index contributed by atoms with van der Waals surface area (Å²) in [6, 6.07) is 9.99. The maximum Gasteiger partial charge on any atom is 0.238 e. The van der Waals surface area contributed by atoms with Crippen molar-refractivity contribution < 1.29 is 19.1 Å². The van der Waals surface area contributed by atoms with Crippen LogP contribution in [0.5, 0.6) is 11.5 Å². The molecule has 0 aromatic heterocycles. The zero-order valence-electron chi connectivity index (χ0n) is 17.1. The number of anilines is 2. The van der Waals surface area contributed by atoms with Crippen LogP contribution in [0.3, 0.4) is 0 Å². The molecule has 2 aromatic rings. The molecule has 2 aromatic carbocycles. The van der Waals surface area contributed by atoms with Crippen LogP contribution in [0.1, 0.15) is 13.8 Å². The standard InChI is InChI=1S/C21H25Cl2N3O4/c1-4-29-18-9-7-15(11-19(18)30-5-2)24-20(27)12-26(3)13-21(28)25-17-10-14(22)6-8-16(17)23/h6-11H,4-5,12-13H2,1-3H3,(H,24,27)(H,25,28). The molecular formula is C21H25Cl2N3O4. The minimum Gasteiger partial charge on any atom is -0.490 e. The van der Waals surface area contributed by atoms with E-state index in [2.05, 4.69) is 10.6 Å². The number of amides is 2. The van der Waals surface area contributed by atoms with Crippen LogP contribution in [0.15, 0.2) is 36.4 Å². The van der Waals surface area contributed by atoms with Crippen LogP contribution in [0.2, 0.25) is 10.0 Å². The minimum atomic E-state index is -0.311. The lowest BCUT2D eigenvalue weighted by molar-refractivity contribution is -0.119. The van der Waals surface area contributed by atoms with Crippen LogP contribution in [0, 0.1) is 0 Å². The third-order valence-electron chi connectivity index (χ3n) is 3.86. The van der Waals surface area contributed by atoms with Crippen molar-refractivity contribution in [3.05, 3.63) is 46.4 Å². The van der Waals surface area contributed by atoms with Crippen molar-refractivity contribution in [3.8, 4) is 11.5 Å². The number of hydrogen-bond acceptors (Lipinski definition) is 5. The van der Waals surface area contributed by atoms with E-state index >= 15 is 0 Å². The topological polar surface area (TPSA) is 79.9 Å². The first kappa shape index (κ1) is 23.8. The molecule has 0 radical (unpaired) electrons. The maximum absolute atomic E-state index is 12.3. The summed E-state index contributed by atoms with van der Waals surface area (Å²) in [5, 5.41) is 6.32. The molecule has 0 saturated heterocycles. The number of benzene rings is 2. The molecule has 2 rings (SSSR count). The molecular weight excluding hydrogens is 429 g/mol. The van der Waals surface area contributed by atoms with Crippen LogP contribution in [-0.2, 0) is 9.59 Å². The van der Waals surface area contributed by atoms with E-state index in [4.69, 9.17) is 32.7 Å². The highest BCUT2D eigenvalue weighted by molar-refractivity contribution is 6.35. The van der Waals surface area contributed by atoms with E-state index in [1.54, 1.807) is 48.3 Å². The number of nitrogens with zero attached hydrogens (tertiary/aromatic N) is 1. The van der Waals surface area contributed by atoms with Crippen LogP contribution >= 0.6 is 23.2 Å². The fraction of sp³-hybridized carbons (Fsp3) is 0.333. The molecule has 0 atom stereocenters. The molecule has 0 spiro atoms. The molecule has 9 heteroatoms. The van der Waals surface area contributed by atoms with Crippen molar-refractivity contribution in [1.82, 2.24) is 4.90 Å². The number of hydrogen-bond donors (Lipinski definition) is 2. The summed E-state index contributed by atoms with van der Waals surface area (Å²) in [5.41, 5.74) is 1.00. The summed E-state index contributed by atoms with van der Waals surface area (Å²) in [6.45, 7) is 4.78.